The molecule has 1 saturated heterocycles. The Labute approximate surface area is 134 Å². The van der Waals surface area contributed by atoms with E-state index in [4.69, 9.17) is 4.99 Å². The molecule has 1 fully saturated rings. The number of aliphatic imine (C=N–C) groups is 1. The smallest absolute Gasteiger partial charge is 0.232 e. The molecule has 0 radical (unpaired) electrons. The molecule has 0 aromatic heterocycles. The zero-order valence-electron chi connectivity index (χ0n) is 12.3. The predicted octanol–water partition coefficient (Wildman–Crippen LogP) is 3.87. The van der Waals surface area contributed by atoms with E-state index in [1.165, 1.54) is 0 Å². The van der Waals surface area contributed by atoms with Crippen molar-refractivity contribution in [2.45, 2.75) is 23.6 Å². The number of benzene rings is 2. The van der Waals surface area contributed by atoms with Crippen molar-refractivity contribution in [2.75, 3.05) is 0 Å². The van der Waals surface area contributed by atoms with E-state index in [1.54, 1.807) is 11.8 Å². The van der Waals surface area contributed by atoms with E-state index < -0.39 is 0 Å². The Hall–Kier alpha value is -2.07. The van der Waals surface area contributed by atoms with Gasteiger partial charge in [0.1, 0.15) is 5.84 Å². The quantitative estimate of drug-likeness (QED) is 0.843. The number of hydrogen-bond donors (Lipinski definition) is 0. The Kier molecular flexibility index (Phi) is 3.26. The van der Waals surface area contributed by atoms with Gasteiger partial charge in [0.05, 0.1) is 23.4 Å². The minimum absolute atomic E-state index is 0.0270. The van der Waals surface area contributed by atoms with Gasteiger partial charge in [0.25, 0.3) is 0 Å². The van der Waals surface area contributed by atoms with Crippen LogP contribution in [0.2, 0.25) is 0 Å². The van der Waals surface area contributed by atoms with Crippen LogP contribution in [0.4, 0.5) is 5.69 Å². The van der Waals surface area contributed by atoms with Crippen LogP contribution in [0.3, 0.4) is 0 Å². The second-order valence-electron chi connectivity index (χ2n) is 5.67. The molecule has 3 nitrogen and oxygen atoms in total. The maximum Gasteiger partial charge on any atom is 0.232 e. The van der Waals surface area contributed by atoms with Gasteiger partial charge in [-0.15, -0.1) is 11.8 Å². The van der Waals surface area contributed by atoms with Crippen molar-refractivity contribution in [2.24, 2.45) is 10.9 Å². The van der Waals surface area contributed by atoms with Crippen LogP contribution in [0.15, 0.2) is 64.5 Å². The van der Waals surface area contributed by atoms with Gasteiger partial charge in [-0.25, -0.2) is 4.99 Å². The van der Waals surface area contributed by atoms with Crippen LogP contribution in [0, 0.1) is 5.92 Å². The summed E-state index contributed by atoms with van der Waals surface area (Å²) in [4.78, 5) is 20.5. The van der Waals surface area contributed by atoms with Crippen molar-refractivity contribution in [1.29, 1.82) is 0 Å². The first-order chi connectivity index (χ1) is 10.7. The number of amides is 1. The molecule has 2 aromatic carbocycles. The second kappa shape index (κ2) is 5.29. The lowest BCUT2D eigenvalue weighted by Gasteiger charge is -2.23. The summed E-state index contributed by atoms with van der Waals surface area (Å²) >= 11 is 1.76. The predicted molar refractivity (Wildman–Crippen MR) is 89.3 cm³/mol. The van der Waals surface area contributed by atoms with Crippen LogP contribution in [-0.2, 0) is 11.3 Å². The van der Waals surface area contributed by atoms with Gasteiger partial charge in [-0.05, 0) is 17.7 Å². The maximum absolute atomic E-state index is 12.7. The first-order valence-electron chi connectivity index (χ1n) is 7.43. The number of fused-ring (bicyclic) bond motifs is 2. The first kappa shape index (κ1) is 13.6. The summed E-state index contributed by atoms with van der Waals surface area (Å²) in [5.74, 6) is 1.05. The summed E-state index contributed by atoms with van der Waals surface area (Å²) in [6, 6.07) is 18.2. The van der Waals surface area contributed by atoms with E-state index in [0.717, 1.165) is 22.0 Å². The molecule has 0 aliphatic carbocycles. The number of amidine groups is 1. The van der Waals surface area contributed by atoms with E-state index in [9.17, 15) is 4.79 Å². The maximum atomic E-state index is 12.7. The highest BCUT2D eigenvalue weighted by Gasteiger charge is 2.45. The zero-order valence-corrected chi connectivity index (χ0v) is 13.1. The van der Waals surface area contributed by atoms with Gasteiger partial charge < -0.3 is 0 Å². The molecule has 0 N–H and O–H groups in total. The van der Waals surface area contributed by atoms with E-state index in [1.807, 2.05) is 48.2 Å². The highest BCUT2D eigenvalue weighted by atomic mass is 32.2. The summed E-state index contributed by atoms with van der Waals surface area (Å²) in [5.41, 5.74) is 2.11. The van der Waals surface area contributed by atoms with Crippen LogP contribution in [-0.4, -0.2) is 21.9 Å². The number of hydrogen-bond acceptors (Lipinski definition) is 3. The molecule has 2 atom stereocenters. The van der Waals surface area contributed by atoms with E-state index >= 15 is 0 Å². The summed E-state index contributed by atoms with van der Waals surface area (Å²) in [6.45, 7) is 2.61. The molecule has 2 heterocycles. The second-order valence-corrected chi connectivity index (χ2v) is 6.86. The Morgan fingerprint density at radius 3 is 2.64 bits per heavy atom. The average Bonchev–Trinajstić information content (AvgIpc) is 2.79. The van der Waals surface area contributed by atoms with Crippen molar-refractivity contribution in [3.05, 3.63) is 60.2 Å². The van der Waals surface area contributed by atoms with Crippen LogP contribution in [0.5, 0.6) is 0 Å². The van der Waals surface area contributed by atoms with Crippen LogP contribution >= 0.6 is 11.8 Å². The first-order valence-corrected chi connectivity index (χ1v) is 8.31. The summed E-state index contributed by atoms with van der Waals surface area (Å²) in [5, 5.41) is 0.131. The topological polar surface area (TPSA) is 32.7 Å². The normalized spacial score (nSPS) is 23.0. The zero-order chi connectivity index (χ0) is 15.1. The van der Waals surface area contributed by atoms with E-state index in [2.05, 4.69) is 18.2 Å². The standard InChI is InChI=1S/C18H16N2OS/c1-12-16-17(19-14-9-5-6-10-15(14)22-16)20(18(12)21)11-13-7-3-2-4-8-13/h2-10,12,16H,11H2,1H3/t12-,16+/m1/s1. The van der Waals surface area contributed by atoms with Crippen molar-refractivity contribution in [1.82, 2.24) is 4.90 Å². The molecule has 1 amide bonds. The molecule has 2 aliphatic rings. The van der Waals surface area contributed by atoms with Gasteiger partial charge >= 0.3 is 0 Å². The van der Waals surface area contributed by atoms with Gasteiger partial charge in [0, 0.05) is 4.90 Å². The molecule has 0 bridgehead atoms. The molecule has 4 heteroatoms. The van der Waals surface area contributed by atoms with Gasteiger partial charge in [0.2, 0.25) is 5.91 Å². The molecule has 4 rings (SSSR count). The lowest BCUT2D eigenvalue weighted by molar-refractivity contribution is -0.129. The van der Waals surface area contributed by atoms with Crippen molar-refractivity contribution in [3.63, 3.8) is 0 Å². The minimum Gasteiger partial charge on any atom is -0.295 e. The number of likely N-dealkylation sites (tertiary alicyclic amines) is 1. The van der Waals surface area contributed by atoms with Crippen LogP contribution in [0.25, 0.3) is 0 Å². The van der Waals surface area contributed by atoms with Crippen molar-refractivity contribution >= 4 is 29.2 Å². The van der Waals surface area contributed by atoms with Gasteiger partial charge in [0.15, 0.2) is 0 Å². The van der Waals surface area contributed by atoms with Gasteiger partial charge in [-0.3, -0.25) is 9.69 Å². The number of thioether (sulfide) groups is 1. The minimum atomic E-state index is -0.0270. The SMILES string of the molecule is C[C@H]1C(=O)N(Cc2ccccc2)C2=Nc3ccccc3S[C@H]21. The Bertz CT molecular complexity index is 757. The highest BCUT2D eigenvalue weighted by Crippen LogP contribution is 2.44. The molecule has 0 unspecified atom stereocenters. The Morgan fingerprint density at radius 2 is 1.82 bits per heavy atom. The molecular weight excluding hydrogens is 292 g/mol. The third-order valence-electron chi connectivity index (χ3n) is 4.18. The lowest BCUT2D eigenvalue weighted by Crippen LogP contribution is -2.31. The molecular formula is C18H16N2OS. The molecule has 2 aromatic rings. The number of nitrogens with zero attached hydrogens (tertiary/aromatic N) is 2. The summed E-state index contributed by atoms with van der Waals surface area (Å²) < 4.78 is 0. The van der Waals surface area contributed by atoms with Crippen molar-refractivity contribution in [3.8, 4) is 0 Å². The largest absolute Gasteiger partial charge is 0.295 e. The van der Waals surface area contributed by atoms with Crippen LogP contribution < -0.4 is 0 Å². The van der Waals surface area contributed by atoms with Gasteiger partial charge in [-0.2, -0.15) is 0 Å². The average molecular weight is 308 g/mol. The van der Waals surface area contributed by atoms with Gasteiger partial charge in [-0.1, -0.05) is 49.4 Å². The fourth-order valence-electron chi connectivity index (χ4n) is 2.98. The molecule has 0 spiro atoms. The number of carbonyl (C=O) groups excluding carboxylic acids is 1. The summed E-state index contributed by atoms with van der Waals surface area (Å²) in [6.07, 6.45) is 0. The van der Waals surface area contributed by atoms with Crippen LogP contribution in [0.1, 0.15) is 12.5 Å². The fraction of sp³-hybridized carbons (Fsp3) is 0.222. The van der Waals surface area contributed by atoms with E-state index in [0.29, 0.717) is 6.54 Å². The van der Waals surface area contributed by atoms with E-state index in [-0.39, 0.29) is 17.1 Å². The number of rotatable bonds is 2. The number of carbonyl (C=O) groups is 1. The third kappa shape index (κ3) is 2.15. The molecule has 2 aliphatic heterocycles. The molecule has 110 valence electrons. The van der Waals surface area contributed by atoms with Crippen molar-refractivity contribution < 1.29 is 4.79 Å². The highest BCUT2D eigenvalue weighted by molar-refractivity contribution is 8.01. The molecule has 22 heavy (non-hydrogen) atoms. The molecule has 0 saturated carbocycles. The lowest BCUT2D eigenvalue weighted by atomic mass is 10.1. The Morgan fingerprint density at radius 1 is 1.09 bits per heavy atom. The third-order valence-corrected chi connectivity index (χ3v) is 5.65. The monoisotopic (exact) mass is 308 g/mol. The Balaban J connectivity index is 1.73. The summed E-state index contributed by atoms with van der Waals surface area (Å²) in [7, 11) is 0. The fourth-order valence-corrected chi connectivity index (χ4v) is 4.25. The number of para-hydroxylation sites is 1.